The average molecular weight is 236 g/mol. The molecule has 0 bridgehead atoms. The van der Waals surface area contributed by atoms with Crippen molar-refractivity contribution in [2.75, 3.05) is 19.0 Å². The summed E-state index contributed by atoms with van der Waals surface area (Å²) < 4.78 is 10.7. The predicted molar refractivity (Wildman–Crippen MR) is 67.5 cm³/mol. The molecule has 4 heteroatoms. The second-order valence-electron chi connectivity index (χ2n) is 5.03. The Morgan fingerprint density at radius 3 is 2.88 bits per heavy atom. The minimum atomic E-state index is -0.0319. The van der Waals surface area contributed by atoms with Gasteiger partial charge in [-0.3, -0.25) is 0 Å². The van der Waals surface area contributed by atoms with Crippen LogP contribution in [0.5, 0.6) is 5.88 Å². The lowest BCUT2D eigenvalue weighted by Crippen LogP contribution is -2.40. The zero-order valence-corrected chi connectivity index (χ0v) is 10.7. The third kappa shape index (κ3) is 3.33. The number of methoxy groups -OCH3 is 1. The van der Waals surface area contributed by atoms with Gasteiger partial charge in [-0.25, -0.2) is 4.98 Å². The Balaban J connectivity index is 1.95. The molecule has 1 N–H and O–H groups in total. The monoisotopic (exact) mass is 236 g/mol. The van der Waals surface area contributed by atoms with Crippen LogP contribution in [0, 0.1) is 0 Å². The number of rotatable bonds is 3. The van der Waals surface area contributed by atoms with Crippen LogP contribution in [0.4, 0.5) is 5.69 Å². The van der Waals surface area contributed by atoms with Gasteiger partial charge in [0.15, 0.2) is 0 Å². The summed E-state index contributed by atoms with van der Waals surface area (Å²) in [6, 6.07) is 4.31. The highest BCUT2D eigenvalue weighted by molar-refractivity contribution is 5.43. The number of pyridine rings is 1. The van der Waals surface area contributed by atoms with Crippen LogP contribution in [0.1, 0.15) is 26.7 Å². The first kappa shape index (κ1) is 12.2. The van der Waals surface area contributed by atoms with E-state index in [1.807, 2.05) is 12.1 Å². The van der Waals surface area contributed by atoms with E-state index in [1.165, 1.54) is 0 Å². The zero-order valence-electron chi connectivity index (χ0n) is 10.7. The molecular formula is C13H20N2O2. The summed E-state index contributed by atoms with van der Waals surface area (Å²) in [5, 5.41) is 3.49. The molecule has 0 spiro atoms. The second kappa shape index (κ2) is 4.92. The summed E-state index contributed by atoms with van der Waals surface area (Å²) >= 11 is 0. The topological polar surface area (TPSA) is 43.4 Å². The van der Waals surface area contributed by atoms with Crippen molar-refractivity contribution in [1.29, 1.82) is 0 Å². The zero-order chi connectivity index (χ0) is 12.3. The maximum Gasteiger partial charge on any atom is 0.213 e. The van der Waals surface area contributed by atoms with Crippen molar-refractivity contribution >= 4 is 5.69 Å². The molecule has 1 aromatic heterocycles. The fourth-order valence-electron chi connectivity index (χ4n) is 2.18. The van der Waals surface area contributed by atoms with Crippen molar-refractivity contribution in [3.05, 3.63) is 18.3 Å². The van der Waals surface area contributed by atoms with Gasteiger partial charge in [0.05, 0.1) is 24.6 Å². The number of hydrogen-bond acceptors (Lipinski definition) is 4. The standard InChI is InChI=1S/C13H20N2O2/c1-13(2)8-10(6-7-17-13)15-11-4-5-12(16-3)14-9-11/h4-5,9-10,15H,6-8H2,1-3H3. The molecule has 0 aliphatic carbocycles. The van der Waals surface area contributed by atoms with E-state index in [2.05, 4.69) is 24.1 Å². The molecule has 2 heterocycles. The molecule has 1 aliphatic heterocycles. The van der Waals surface area contributed by atoms with Gasteiger partial charge in [0.25, 0.3) is 0 Å². The molecule has 1 atom stereocenters. The lowest BCUT2D eigenvalue weighted by Gasteiger charge is -2.36. The third-order valence-electron chi connectivity index (χ3n) is 3.01. The number of nitrogens with zero attached hydrogens (tertiary/aromatic N) is 1. The Bertz CT molecular complexity index is 362. The van der Waals surface area contributed by atoms with E-state index in [9.17, 15) is 0 Å². The highest BCUT2D eigenvalue weighted by atomic mass is 16.5. The van der Waals surface area contributed by atoms with E-state index in [1.54, 1.807) is 13.3 Å². The first-order valence-corrected chi connectivity index (χ1v) is 6.00. The van der Waals surface area contributed by atoms with Crippen LogP contribution >= 0.6 is 0 Å². The minimum absolute atomic E-state index is 0.0319. The van der Waals surface area contributed by atoms with Gasteiger partial charge in [0, 0.05) is 18.7 Å². The molecule has 1 aliphatic rings. The largest absolute Gasteiger partial charge is 0.481 e. The number of ether oxygens (including phenoxy) is 2. The van der Waals surface area contributed by atoms with Gasteiger partial charge in [0.2, 0.25) is 5.88 Å². The molecule has 4 nitrogen and oxygen atoms in total. The van der Waals surface area contributed by atoms with E-state index in [4.69, 9.17) is 9.47 Å². The SMILES string of the molecule is COc1ccc(NC2CCOC(C)(C)C2)cn1. The van der Waals surface area contributed by atoms with Crippen LogP contribution in [-0.4, -0.2) is 30.3 Å². The fourth-order valence-corrected chi connectivity index (χ4v) is 2.18. The Morgan fingerprint density at radius 1 is 1.47 bits per heavy atom. The smallest absolute Gasteiger partial charge is 0.213 e. The van der Waals surface area contributed by atoms with Gasteiger partial charge >= 0.3 is 0 Å². The Labute approximate surface area is 102 Å². The molecule has 2 rings (SSSR count). The summed E-state index contributed by atoms with van der Waals surface area (Å²) in [6.45, 7) is 5.08. The van der Waals surface area contributed by atoms with E-state index >= 15 is 0 Å². The fraction of sp³-hybridized carbons (Fsp3) is 0.615. The minimum Gasteiger partial charge on any atom is -0.481 e. The quantitative estimate of drug-likeness (QED) is 0.875. The molecule has 0 saturated carbocycles. The van der Waals surface area contributed by atoms with Crippen LogP contribution in [0.25, 0.3) is 0 Å². The van der Waals surface area contributed by atoms with E-state index in [0.717, 1.165) is 25.1 Å². The molecule has 0 amide bonds. The van der Waals surface area contributed by atoms with Crippen LogP contribution in [-0.2, 0) is 4.74 Å². The molecule has 1 unspecified atom stereocenters. The molecular weight excluding hydrogens is 216 g/mol. The van der Waals surface area contributed by atoms with Crippen molar-refractivity contribution in [1.82, 2.24) is 4.98 Å². The van der Waals surface area contributed by atoms with Crippen molar-refractivity contribution < 1.29 is 9.47 Å². The van der Waals surface area contributed by atoms with Gasteiger partial charge in [-0.1, -0.05) is 0 Å². The number of nitrogens with one attached hydrogen (secondary N) is 1. The molecule has 17 heavy (non-hydrogen) atoms. The van der Waals surface area contributed by atoms with Crippen LogP contribution < -0.4 is 10.1 Å². The highest BCUT2D eigenvalue weighted by Crippen LogP contribution is 2.26. The number of anilines is 1. The molecule has 1 fully saturated rings. The summed E-state index contributed by atoms with van der Waals surface area (Å²) in [5.74, 6) is 0.642. The first-order chi connectivity index (χ1) is 8.09. The van der Waals surface area contributed by atoms with Crippen LogP contribution in [0.2, 0.25) is 0 Å². The van der Waals surface area contributed by atoms with Gasteiger partial charge in [-0.15, -0.1) is 0 Å². The Hall–Kier alpha value is -1.29. The van der Waals surface area contributed by atoms with Crippen LogP contribution in [0.15, 0.2) is 18.3 Å². The second-order valence-corrected chi connectivity index (χ2v) is 5.03. The summed E-state index contributed by atoms with van der Waals surface area (Å²) in [6.07, 6.45) is 3.86. The summed E-state index contributed by atoms with van der Waals surface area (Å²) in [4.78, 5) is 4.18. The van der Waals surface area contributed by atoms with Gasteiger partial charge < -0.3 is 14.8 Å². The lowest BCUT2D eigenvalue weighted by molar-refractivity contribution is -0.0553. The summed E-state index contributed by atoms with van der Waals surface area (Å²) in [7, 11) is 1.62. The van der Waals surface area contributed by atoms with E-state index in [-0.39, 0.29) is 5.60 Å². The molecule has 0 radical (unpaired) electrons. The first-order valence-electron chi connectivity index (χ1n) is 6.00. The number of hydrogen-bond donors (Lipinski definition) is 1. The van der Waals surface area contributed by atoms with Crippen molar-refractivity contribution in [3.63, 3.8) is 0 Å². The Kier molecular flexibility index (Phi) is 3.52. The van der Waals surface area contributed by atoms with Gasteiger partial charge in [-0.2, -0.15) is 0 Å². The van der Waals surface area contributed by atoms with Crippen molar-refractivity contribution in [2.45, 2.75) is 38.3 Å². The third-order valence-corrected chi connectivity index (χ3v) is 3.01. The lowest BCUT2D eigenvalue weighted by atomic mass is 9.94. The van der Waals surface area contributed by atoms with Crippen LogP contribution in [0.3, 0.4) is 0 Å². The maximum atomic E-state index is 5.69. The van der Waals surface area contributed by atoms with Gasteiger partial charge in [-0.05, 0) is 32.8 Å². The molecule has 0 aromatic carbocycles. The normalized spacial score (nSPS) is 23.1. The molecule has 1 aromatic rings. The van der Waals surface area contributed by atoms with Crippen molar-refractivity contribution in [2.24, 2.45) is 0 Å². The van der Waals surface area contributed by atoms with Gasteiger partial charge in [0.1, 0.15) is 0 Å². The maximum absolute atomic E-state index is 5.69. The Morgan fingerprint density at radius 2 is 2.29 bits per heavy atom. The predicted octanol–water partition coefficient (Wildman–Crippen LogP) is 2.46. The van der Waals surface area contributed by atoms with Crippen molar-refractivity contribution in [3.8, 4) is 5.88 Å². The average Bonchev–Trinajstić information content (AvgIpc) is 2.29. The van der Waals surface area contributed by atoms with E-state index in [0.29, 0.717) is 11.9 Å². The number of aromatic nitrogens is 1. The highest BCUT2D eigenvalue weighted by Gasteiger charge is 2.28. The molecule has 1 saturated heterocycles. The van der Waals surface area contributed by atoms with E-state index < -0.39 is 0 Å². The summed E-state index contributed by atoms with van der Waals surface area (Å²) in [5.41, 5.74) is 1.00. The molecule has 94 valence electrons.